The van der Waals surface area contributed by atoms with Gasteiger partial charge in [0.25, 0.3) is 0 Å². The molecule has 0 unspecified atom stereocenters. The molecule has 4 rings (SSSR count). The van der Waals surface area contributed by atoms with E-state index in [1.54, 1.807) is 11.8 Å². The van der Waals surface area contributed by atoms with Gasteiger partial charge in [0, 0.05) is 47.7 Å². The maximum Gasteiger partial charge on any atom is 0.0594 e. The van der Waals surface area contributed by atoms with Crippen LogP contribution in [0, 0.1) is 0 Å². The van der Waals surface area contributed by atoms with Gasteiger partial charge in [-0.1, -0.05) is 11.8 Å². The number of morpholine rings is 1. The first-order valence-corrected chi connectivity index (χ1v) is 10.5. The summed E-state index contributed by atoms with van der Waals surface area (Å²) in [6.45, 7) is 6.21. The smallest absolute Gasteiger partial charge is 0.0594 e. The molecule has 2 heterocycles. The topological polar surface area (TPSA) is 67.8 Å². The van der Waals surface area contributed by atoms with Gasteiger partial charge in [0.15, 0.2) is 0 Å². The van der Waals surface area contributed by atoms with Crippen molar-refractivity contribution in [1.29, 1.82) is 0 Å². The minimum Gasteiger partial charge on any atom is -0.397 e. The van der Waals surface area contributed by atoms with Crippen molar-refractivity contribution in [2.45, 2.75) is 28.7 Å². The Bertz CT molecular complexity index is 753. The van der Waals surface area contributed by atoms with Crippen LogP contribution in [-0.2, 0) is 4.74 Å². The maximum atomic E-state index is 5.91. The zero-order valence-electron chi connectivity index (χ0n) is 15.6. The lowest BCUT2D eigenvalue weighted by atomic mass is 10.0. The van der Waals surface area contributed by atoms with Crippen molar-refractivity contribution in [3.63, 3.8) is 0 Å². The molecule has 2 fully saturated rings. The predicted molar refractivity (Wildman–Crippen MR) is 113 cm³/mol. The number of nitrogens with zero attached hydrogens (tertiary/aromatic N) is 2. The monoisotopic (exact) mass is 384 g/mol. The molecule has 2 saturated heterocycles. The average Bonchev–Trinajstić information content (AvgIpc) is 2.72. The van der Waals surface area contributed by atoms with E-state index in [0.29, 0.717) is 11.4 Å². The second-order valence-electron chi connectivity index (χ2n) is 7.25. The summed E-state index contributed by atoms with van der Waals surface area (Å²) in [5, 5.41) is 0. The highest BCUT2D eigenvalue weighted by Gasteiger charge is 2.25. The minimum absolute atomic E-state index is 0.634. The molecule has 27 heavy (non-hydrogen) atoms. The standard InChI is InChI=1S/C21H28N4OS/c22-20-6-5-19(15-21(20)23)27-18-3-1-16(2-4-18)24-9-7-17(8-10-24)25-11-13-26-14-12-25/h1-6,15,17H,7-14,22-23H2. The fourth-order valence-corrected chi connectivity index (χ4v) is 4.78. The van der Waals surface area contributed by atoms with E-state index in [-0.39, 0.29) is 0 Å². The molecule has 0 bridgehead atoms. The van der Waals surface area contributed by atoms with E-state index in [0.717, 1.165) is 50.3 Å². The third-order valence-corrected chi connectivity index (χ3v) is 6.52. The van der Waals surface area contributed by atoms with Crippen molar-refractivity contribution in [2.75, 3.05) is 55.8 Å². The summed E-state index contributed by atoms with van der Waals surface area (Å²) in [5.41, 5.74) is 14.3. The second-order valence-corrected chi connectivity index (χ2v) is 8.40. The third-order valence-electron chi connectivity index (χ3n) is 5.52. The third kappa shape index (κ3) is 4.51. The van der Waals surface area contributed by atoms with E-state index < -0.39 is 0 Å². The zero-order chi connectivity index (χ0) is 18.6. The highest BCUT2D eigenvalue weighted by Crippen LogP contribution is 2.32. The molecule has 0 saturated carbocycles. The fraction of sp³-hybridized carbons (Fsp3) is 0.429. The molecule has 0 spiro atoms. The summed E-state index contributed by atoms with van der Waals surface area (Å²) in [5.74, 6) is 0. The van der Waals surface area contributed by atoms with Crippen LogP contribution in [0.2, 0.25) is 0 Å². The Morgan fingerprint density at radius 3 is 2.15 bits per heavy atom. The number of hydrogen-bond acceptors (Lipinski definition) is 6. The van der Waals surface area contributed by atoms with Crippen LogP contribution in [0.4, 0.5) is 17.1 Å². The second kappa shape index (κ2) is 8.42. The van der Waals surface area contributed by atoms with Crippen LogP contribution >= 0.6 is 11.8 Å². The number of benzene rings is 2. The molecule has 2 aromatic rings. The van der Waals surface area contributed by atoms with E-state index >= 15 is 0 Å². The lowest BCUT2D eigenvalue weighted by Crippen LogP contribution is -2.49. The van der Waals surface area contributed by atoms with Gasteiger partial charge in [0.2, 0.25) is 0 Å². The highest BCUT2D eigenvalue weighted by molar-refractivity contribution is 7.99. The number of piperidine rings is 1. The van der Waals surface area contributed by atoms with Gasteiger partial charge in [-0.25, -0.2) is 0 Å². The quantitative estimate of drug-likeness (QED) is 0.789. The molecule has 0 aromatic heterocycles. The summed E-state index contributed by atoms with van der Waals surface area (Å²) < 4.78 is 5.48. The Kier molecular flexibility index (Phi) is 5.76. The van der Waals surface area contributed by atoms with Crippen LogP contribution in [0.25, 0.3) is 0 Å². The van der Waals surface area contributed by atoms with Gasteiger partial charge in [0.05, 0.1) is 24.6 Å². The molecule has 5 nitrogen and oxygen atoms in total. The van der Waals surface area contributed by atoms with Crippen LogP contribution in [-0.4, -0.2) is 50.3 Å². The Labute approximate surface area is 165 Å². The summed E-state index contributed by atoms with van der Waals surface area (Å²) >= 11 is 1.71. The Morgan fingerprint density at radius 2 is 1.48 bits per heavy atom. The molecular formula is C21H28N4OS. The van der Waals surface area contributed by atoms with Crippen LogP contribution < -0.4 is 16.4 Å². The molecule has 0 amide bonds. The molecule has 0 radical (unpaired) electrons. The van der Waals surface area contributed by atoms with Gasteiger partial charge in [-0.3, -0.25) is 4.90 Å². The van der Waals surface area contributed by atoms with Gasteiger partial charge in [-0.05, 0) is 55.3 Å². The van der Waals surface area contributed by atoms with E-state index in [2.05, 4.69) is 34.1 Å². The van der Waals surface area contributed by atoms with Gasteiger partial charge >= 0.3 is 0 Å². The summed E-state index contributed by atoms with van der Waals surface area (Å²) in [6.07, 6.45) is 2.47. The SMILES string of the molecule is Nc1ccc(Sc2ccc(N3CCC(N4CCOCC4)CC3)cc2)cc1N. The molecule has 2 aromatic carbocycles. The molecule has 6 heteroatoms. The van der Waals surface area contributed by atoms with Crippen molar-refractivity contribution in [1.82, 2.24) is 4.90 Å². The Morgan fingerprint density at radius 1 is 0.815 bits per heavy atom. The van der Waals surface area contributed by atoms with E-state index in [4.69, 9.17) is 16.2 Å². The van der Waals surface area contributed by atoms with Crippen LogP contribution in [0.5, 0.6) is 0 Å². The first kappa shape index (κ1) is 18.5. The Hall–Kier alpha value is -1.89. The number of nitrogens with two attached hydrogens (primary N) is 2. The van der Waals surface area contributed by atoms with Gasteiger partial charge < -0.3 is 21.1 Å². The molecule has 2 aliphatic rings. The number of anilines is 3. The first-order chi connectivity index (χ1) is 13.2. The molecule has 0 aliphatic carbocycles. The highest BCUT2D eigenvalue weighted by atomic mass is 32.2. The fourth-order valence-electron chi connectivity index (χ4n) is 3.91. The number of rotatable bonds is 4. The summed E-state index contributed by atoms with van der Waals surface area (Å²) in [6, 6.07) is 15.4. The van der Waals surface area contributed by atoms with Crippen LogP contribution in [0.1, 0.15) is 12.8 Å². The number of ether oxygens (including phenoxy) is 1. The van der Waals surface area contributed by atoms with E-state index in [9.17, 15) is 0 Å². The molecule has 0 atom stereocenters. The van der Waals surface area contributed by atoms with Crippen molar-refractivity contribution in [2.24, 2.45) is 0 Å². The largest absolute Gasteiger partial charge is 0.397 e. The van der Waals surface area contributed by atoms with Crippen LogP contribution in [0.15, 0.2) is 52.3 Å². The van der Waals surface area contributed by atoms with Crippen LogP contribution in [0.3, 0.4) is 0 Å². The lowest BCUT2D eigenvalue weighted by molar-refractivity contribution is 0.0115. The first-order valence-electron chi connectivity index (χ1n) is 9.69. The zero-order valence-corrected chi connectivity index (χ0v) is 16.5. The van der Waals surface area contributed by atoms with Gasteiger partial charge in [-0.2, -0.15) is 0 Å². The molecular weight excluding hydrogens is 356 g/mol. The molecule has 2 aliphatic heterocycles. The predicted octanol–water partition coefficient (Wildman–Crippen LogP) is 3.30. The molecule has 144 valence electrons. The van der Waals surface area contributed by atoms with Crippen molar-refractivity contribution in [3.05, 3.63) is 42.5 Å². The van der Waals surface area contributed by atoms with Gasteiger partial charge in [-0.15, -0.1) is 0 Å². The number of hydrogen-bond donors (Lipinski definition) is 2. The average molecular weight is 385 g/mol. The maximum absolute atomic E-state index is 5.91. The number of nitrogen functional groups attached to an aromatic ring is 2. The van der Waals surface area contributed by atoms with Crippen molar-refractivity contribution < 1.29 is 4.74 Å². The molecule has 4 N–H and O–H groups in total. The summed E-state index contributed by atoms with van der Waals surface area (Å²) in [7, 11) is 0. The van der Waals surface area contributed by atoms with Crippen molar-refractivity contribution in [3.8, 4) is 0 Å². The van der Waals surface area contributed by atoms with E-state index in [1.807, 2.05) is 18.2 Å². The Balaban J connectivity index is 1.33. The minimum atomic E-state index is 0.634. The summed E-state index contributed by atoms with van der Waals surface area (Å²) in [4.78, 5) is 7.44. The van der Waals surface area contributed by atoms with Gasteiger partial charge in [0.1, 0.15) is 0 Å². The normalized spacial score (nSPS) is 19.3. The lowest BCUT2D eigenvalue weighted by Gasteiger charge is -2.40. The van der Waals surface area contributed by atoms with E-state index in [1.165, 1.54) is 23.4 Å². The van der Waals surface area contributed by atoms with Crippen molar-refractivity contribution >= 4 is 28.8 Å².